The van der Waals surface area contributed by atoms with E-state index in [0.29, 0.717) is 12.2 Å². The van der Waals surface area contributed by atoms with Gasteiger partial charge in [-0.2, -0.15) is 0 Å². The Bertz CT molecular complexity index is 1370. The summed E-state index contributed by atoms with van der Waals surface area (Å²) < 4.78 is 1.86. The second-order valence-corrected chi connectivity index (χ2v) is 9.18. The summed E-state index contributed by atoms with van der Waals surface area (Å²) in [7, 11) is 0. The first-order chi connectivity index (χ1) is 17.4. The molecule has 36 heavy (non-hydrogen) atoms. The van der Waals surface area contributed by atoms with Crippen LogP contribution in [0.5, 0.6) is 0 Å². The molecule has 9 heteroatoms. The molecular formula is C27H32N8O. The van der Waals surface area contributed by atoms with Crippen molar-refractivity contribution in [2.24, 2.45) is 21.8 Å². The fraction of sp³-hybridized carbons (Fsp3) is 0.370. The number of nitrogens with one attached hydrogen (secondary N) is 1. The summed E-state index contributed by atoms with van der Waals surface area (Å²) in [5, 5.41) is 3.98. The van der Waals surface area contributed by atoms with E-state index in [9.17, 15) is 4.79 Å². The number of fused-ring (bicyclic) bond motifs is 1. The number of hydrogen-bond donors (Lipinski definition) is 1. The average Bonchev–Trinajstić information content (AvgIpc) is 3.27. The van der Waals surface area contributed by atoms with Gasteiger partial charge in [0.1, 0.15) is 24.2 Å². The summed E-state index contributed by atoms with van der Waals surface area (Å²) in [6, 6.07) is 1.99. The number of carbonyl (C=O) groups excluding carboxylic acids is 1. The molecule has 3 atom stereocenters. The third kappa shape index (κ3) is 5.79. The van der Waals surface area contributed by atoms with Crippen molar-refractivity contribution in [1.82, 2.24) is 29.8 Å². The number of aliphatic imine (C=N–C) groups is 2. The van der Waals surface area contributed by atoms with Crippen molar-refractivity contribution >= 4 is 35.1 Å². The summed E-state index contributed by atoms with van der Waals surface area (Å²) in [4.78, 5) is 39.4. The van der Waals surface area contributed by atoms with Gasteiger partial charge in [-0.05, 0) is 32.8 Å². The molecule has 0 radical (unpaired) electrons. The van der Waals surface area contributed by atoms with Crippen LogP contribution in [-0.2, 0) is 11.3 Å². The van der Waals surface area contributed by atoms with E-state index in [1.807, 2.05) is 56.8 Å². The highest BCUT2D eigenvalue weighted by Crippen LogP contribution is 2.32. The molecule has 3 unspecified atom stereocenters. The van der Waals surface area contributed by atoms with E-state index in [1.165, 1.54) is 0 Å². The molecule has 1 aliphatic rings. The Morgan fingerprint density at radius 1 is 1.28 bits per heavy atom. The Hall–Kier alpha value is -4.01. The van der Waals surface area contributed by atoms with Gasteiger partial charge in [0.25, 0.3) is 0 Å². The Morgan fingerprint density at radius 3 is 2.89 bits per heavy atom. The molecule has 3 aromatic heterocycles. The highest BCUT2D eigenvalue weighted by molar-refractivity contribution is 5.83. The molecule has 0 saturated carbocycles. The van der Waals surface area contributed by atoms with Crippen LogP contribution in [0.1, 0.15) is 50.7 Å². The average molecular weight is 485 g/mol. The summed E-state index contributed by atoms with van der Waals surface area (Å²) in [5.74, 6) is 0.330. The highest BCUT2D eigenvalue weighted by atomic mass is 16.1. The molecule has 1 amide bonds. The normalized spacial score (nSPS) is 19.0. The molecule has 0 fully saturated rings. The standard InChI is InChI=1S/C27H32N8O/c1-6-29-23(24-14-28-13-20(5)34-24)9-17(2)11-31-25(36)15-35-8-7-21-26(32-16-33-27(21)35)22-10-19(4)30-12-18(22)3/h6-10,12-14,16-18,22H,11,15H2,1-5H3,(H,31,36)/b23-9-,29-6-. The van der Waals surface area contributed by atoms with Crippen molar-refractivity contribution in [3.63, 3.8) is 0 Å². The third-order valence-corrected chi connectivity index (χ3v) is 6.07. The fourth-order valence-electron chi connectivity index (χ4n) is 4.26. The summed E-state index contributed by atoms with van der Waals surface area (Å²) >= 11 is 0. The number of allylic oxidation sites excluding steroid dienone is 2. The first-order valence-electron chi connectivity index (χ1n) is 12.1. The van der Waals surface area contributed by atoms with Gasteiger partial charge in [-0.1, -0.05) is 26.0 Å². The molecule has 1 aliphatic heterocycles. The highest BCUT2D eigenvalue weighted by Gasteiger charge is 2.23. The summed E-state index contributed by atoms with van der Waals surface area (Å²) in [6.45, 7) is 10.6. The SMILES string of the molecule is C/C=N\C(=C/C(C)CNC(=O)Cn1ccc2c(C3C=C(C)N=CC3C)ncnc21)c1cncc(C)n1. The number of rotatable bonds is 8. The van der Waals surface area contributed by atoms with E-state index in [4.69, 9.17) is 0 Å². The van der Waals surface area contributed by atoms with Crippen molar-refractivity contribution in [1.29, 1.82) is 0 Å². The predicted molar refractivity (Wildman–Crippen MR) is 143 cm³/mol. The summed E-state index contributed by atoms with van der Waals surface area (Å²) in [6.07, 6.45) is 14.7. The molecule has 0 aliphatic carbocycles. The van der Waals surface area contributed by atoms with Gasteiger partial charge in [0.2, 0.25) is 5.91 Å². The Kier molecular flexibility index (Phi) is 7.77. The maximum absolute atomic E-state index is 12.8. The molecule has 0 bridgehead atoms. The smallest absolute Gasteiger partial charge is 0.240 e. The van der Waals surface area contributed by atoms with Gasteiger partial charge in [-0.15, -0.1) is 0 Å². The number of aromatic nitrogens is 5. The minimum atomic E-state index is -0.0855. The van der Waals surface area contributed by atoms with Crippen LogP contribution in [0, 0.1) is 18.8 Å². The fourth-order valence-corrected chi connectivity index (χ4v) is 4.26. The lowest BCUT2D eigenvalue weighted by Crippen LogP contribution is -2.30. The van der Waals surface area contributed by atoms with E-state index < -0.39 is 0 Å². The molecule has 0 saturated heterocycles. The molecule has 0 spiro atoms. The quantitative estimate of drug-likeness (QED) is 0.484. The third-order valence-electron chi connectivity index (χ3n) is 6.07. The number of hydrogen-bond acceptors (Lipinski definition) is 7. The molecule has 186 valence electrons. The molecule has 1 N–H and O–H groups in total. The van der Waals surface area contributed by atoms with E-state index >= 15 is 0 Å². The van der Waals surface area contributed by atoms with Crippen LogP contribution < -0.4 is 5.32 Å². The Balaban J connectivity index is 1.44. The zero-order valence-electron chi connectivity index (χ0n) is 21.4. The lowest BCUT2D eigenvalue weighted by molar-refractivity contribution is -0.121. The monoisotopic (exact) mass is 484 g/mol. The van der Waals surface area contributed by atoms with Crippen molar-refractivity contribution in [3.8, 4) is 0 Å². The molecular weight excluding hydrogens is 452 g/mol. The van der Waals surface area contributed by atoms with Crippen LogP contribution in [0.25, 0.3) is 16.7 Å². The van der Waals surface area contributed by atoms with Crippen molar-refractivity contribution in [2.75, 3.05) is 6.54 Å². The van der Waals surface area contributed by atoms with Crippen molar-refractivity contribution in [3.05, 3.63) is 65.9 Å². The number of amides is 1. The molecule has 4 heterocycles. The van der Waals surface area contributed by atoms with E-state index in [2.05, 4.69) is 48.2 Å². The van der Waals surface area contributed by atoms with E-state index in [1.54, 1.807) is 24.9 Å². The van der Waals surface area contributed by atoms with Crippen molar-refractivity contribution < 1.29 is 4.79 Å². The van der Waals surface area contributed by atoms with Gasteiger partial charge < -0.3 is 9.88 Å². The number of nitrogens with zero attached hydrogens (tertiary/aromatic N) is 7. The first-order valence-corrected chi connectivity index (χ1v) is 12.1. The van der Waals surface area contributed by atoms with Crippen LogP contribution in [-0.4, -0.2) is 49.4 Å². The zero-order chi connectivity index (χ0) is 25.7. The van der Waals surface area contributed by atoms with Crippen LogP contribution in [0.4, 0.5) is 0 Å². The molecule has 9 nitrogen and oxygen atoms in total. The lowest BCUT2D eigenvalue weighted by atomic mass is 9.88. The van der Waals surface area contributed by atoms with E-state index in [-0.39, 0.29) is 30.2 Å². The maximum Gasteiger partial charge on any atom is 0.240 e. The second-order valence-electron chi connectivity index (χ2n) is 9.18. The van der Waals surface area contributed by atoms with Gasteiger partial charge in [0, 0.05) is 54.3 Å². The van der Waals surface area contributed by atoms with Crippen LogP contribution in [0.3, 0.4) is 0 Å². The largest absolute Gasteiger partial charge is 0.354 e. The topological polar surface area (TPSA) is 110 Å². The maximum atomic E-state index is 12.8. The van der Waals surface area contributed by atoms with Gasteiger partial charge in [-0.25, -0.2) is 15.0 Å². The van der Waals surface area contributed by atoms with E-state index in [0.717, 1.165) is 33.8 Å². The first kappa shape index (κ1) is 25.1. The summed E-state index contributed by atoms with van der Waals surface area (Å²) in [5.41, 5.74) is 4.97. The van der Waals surface area contributed by atoms with Gasteiger partial charge in [0.05, 0.1) is 23.3 Å². The predicted octanol–water partition coefficient (Wildman–Crippen LogP) is 4.12. The van der Waals surface area contributed by atoms with Crippen molar-refractivity contribution in [2.45, 2.75) is 47.1 Å². The van der Waals surface area contributed by atoms with Crippen LogP contribution >= 0.6 is 0 Å². The van der Waals surface area contributed by atoms with Gasteiger partial charge in [0.15, 0.2) is 0 Å². The molecule has 0 aromatic carbocycles. The second kappa shape index (κ2) is 11.2. The van der Waals surface area contributed by atoms with Gasteiger partial charge in [-0.3, -0.25) is 19.8 Å². The minimum absolute atomic E-state index is 0.0507. The Labute approximate surface area is 211 Å². The lowest BCUT2D eigenvalue weighted by Gasteiger charge is -2.21. The molecule has 3 aromatic rings. The Morgan fingerprint density at radius 2 is 2.11 bits per heavy atom. The minimum Gasteiger partial charge on any atom is -0.354 e. The van der Waals surface area contributed by atoms with Crippen LogP contribution in [0.2, 0.25) is 0 Å². The van der Waals surface area contributed by atoms with Gasteiger partial charge >= 0.3 is 0 Å². The zero-order valence-corrected chi connectivity index (χ0v) is 21.4. The number of aryl methyl sites for hydroxylation is 1. The van der Waals surface area contributed by atoms with Crippen LogP contribution in [0.15, 0.2) is 58.8 Å². The molecule has 4 rings (SSSR count). The number of carbonyl (C=O) groups is 1.